The summed E-state index contributed by atoms with van der Waals surface area (Å²) in [5.41, 5.74) is -0.829. The van der Waals surface area contributed by atoms with Crippen LogP contribution in [-0.2, 0) is 11.3 Å². The van der Waals surface area contributed by atoms with Crippen LogP contribution >= 0.6 is 0 Å². The molecule has 0 radical (unpaired) electrons. The summed E-state index contributed by atoms with van der Waals surface area (Å²) in [6.07, 6.45) is 1.91. The van der Waals surface area contributed by atoms with Crippen LogP contribution in [0.25, 0.3) is 27.6 Å². The van der Waals surface area contributed by atoms with Gasteiger partial charge in [0.1, 0.15) is 22.2 Å². The van der Waals surface area contributed by atoms with Crippen LogP contribution in [0.15, 0.2) is 56.5 Å². The average molecular weight is 509 g/mol. The molecule has 0 aliphatic heterocycles. The Morgan fingerprint density at radius 2 is 1.86 bits per heavy atom. The Balaban J connectivity index is 1.65. The summed E-state index contributed by atoms with van der Waals surface area (Å²) in [6.45, 7) is 5.33. The van der Waals surface area contributed by atoms with Gasteiger partial charge in [-0.1, -0.05) is 18.6 Å². The summed E-state index contributed by atoms with van der Waals surface area (Å²) in [4.78, 5) is 39.2. The number of hydrogen-bond donors (Lipinski definition) is 1. The number of alkyl carbamates (subject to hydrolysis) is 1. The molecule has 37 heavy (non-hydrogen) atoms. The van der Waals surface area contributed by atoms with Gasteiger partial charge < -0.3 is 14.5 Å². The maximum Gasteiger partial charge on any atom is 0.407 e. The highest BCUT2D eigenvalue weighted by molar-refractivity contribution is 5.90. The highest BCUT2D eigenvalue weighted by Gasteiger charge is 2.28. The minimum atomic E-state index is -1.16. The topological polar surface area (TPSA) is 90.5 Å². The number of nitrogens with one attached hydrogen (secondary N) is 1. The van der Waals surface area contributed by atoms with Crippen LogP contribution in [0.3, 0.4) is 0 Å². The van der Waals surface area contributed by atoms with Gasteiger partial charge >= 0.3 is 6.09 Å². The second-order valence-electron chi connectivity index (χ2n) is 10.3. The molecule has 192 valence electrons. The van der Waals surface area contributed by atoms with Crippen LogP contribution in [0.2, 0.25) is 0 Å². The van der Waals surface area contributed by atoms with E-state index in [9.17, 15) is 23.2 Å². The quantitative estimate of drug-likeness (QED) is 0.359. The number of hydrogen-bond acceptors (Lipinski definition) is 5. The van der Waals surface area contributed by atoms with E-state index in [2.05, 4.69) is 5.32 Å². The Kier molecular flexibility index (Phi) is 6.09. The molecule has 1 N–H and O–H groups in total. The highest BCUT2D eigenvalue weighted by Crippen LogP contribution is 2.38. The van der Waals surface area contributed by atoms with Gasteiger partial charge in [0, 0.05) is 18.3 Å². The Bertz CT molecular complexity index is 1660. The molecule has 9 heteroatoms. The van der Waals surface area contributed by atoms with Crippen molar-refractivity contribution in [1.29, 1.82) is 0 Å². The molecule has 1 amide bonds. The number of aromatic nitrogens is 1. The van der Waals surface area contributed by atoms with Crippen molar-refractivity contribution in [3.8, 4) is 5.69 Å². The van der Waals surface area contributed by atoms with Crippen molar-refractivity contribution in [3.05, 3.63) is 85.9 Å². The first kappa shape index (κ1) is 24.7. The number of fused-ring (bicyclic) bond motifs is 2. The normalized spacial score (nSPS) is 14.1. The van der Waals surface area contributed by atoms with E-state index in [1.165, 1.54) is 18.2 Å². The standard InChI is InChI=1S/C28H26F2N2O5/c1-28(2,3)37-27(35)31-14-15-10-11-21-17(12-15)25(33)23-22(36-21)13-20(16-6-4-7-16)32(26(23)34)19-9-5-8-18(29)24(19)30/h5,8-13,16H,4,6-7,14H2,1-3H3,(H,31,35). The van der Waals surface area contributed by atoms with E-state index in [0.29, 0.717) is 11.3 Å². The smallest absolute Gasteiger partial charge is 0.407 e. The SMILES string of the molecule is CC(C)(C)OC(=O)NCc1ccc2oc3cc(C4CCC4)n(-c4cccc(F)c4F)c(=O)c3c(=O)c2c1. The van der Waals surface area contributed by atoms with Crippen molar-refractivity contribution in [2.24, 2.45) is 0 Å². The zero-order valence-corrected chi connectivity index (χ0v) is 20.7. The lowest BCUT2D eigenvalue weighted by molar-refractivity contribution is 0.0523. The van der Waals surface area contributed by atoms with E-state index >= 15 is 0 Å². The molecule has 0 unspecified atom stereocenters. The molecule has 0 saturated heterocycles. The number of benzene rings is 2. The fraction of sp³-hybridized carbons (Fsp3) is 0.321. The second-order valence-corrected chi connectivity index (χ2v) is 10.3. The molecule has 2 heterocycles. The van der Waals surface area contributed by atoms with E-state index in [1.54, 1.807) is 39.0 Å². The van der Waals surface area contributed by atoms with Gasteiger partial charge in [-0.2, -0.15) is 0 Å². The Morgan fingerprint density at radius 1 is 1.11 bits per heavy atom. The minimum absolute atomic E-state index is 0.0397. The molecule has 2 aromatic heterocycles. The molecule has 0 atom stereocenters. The predicted molar refractivity (Wildman–Crippen MR) is 135 cm³/mol. The van der Waals surface area contributed by atoms with Crippen LogP contribution in [0.5, 0.6) is 0 Å². The lowest BCUT2D eigenvalue weighted by Gasteiger charge is -2.28. The van der Waals surface area contributed by atoms with Crippen LogP contribution in [0.4, 0.5) is 13.6 Å². The number of ether oxygens (including phenoxy) is 1. The van der Waals surface area contributed by atoms with E-state index in [-0.39, 0.29) is 40.1 Å². The summed E-state index contributed by atoms with van der Waals surface area (Å²) in [6, 6.07) is 10.0. The van der Waals surface area contributed by atoms with E-state index < -0.39 is 34.3 Å². The first-order chi connectivity index (χ1) is 17.5. The van der Waals surface area contributed by atoms with Crippen molar-refractivity contribution >= 4 is 28.0 Å². The van der Waals surface area contributed by atoms with Crippen LogP contribution in [0, 0.1) is 11.6 Å². The molecular formula is C28H26F2N2O5. The Labute approximate surface area is 210 Å². The summed E-state index contributed by atoms with van der Waals surface area (Å²) in [5.74, 6) is -2.29. The zero-order valence-electron chi connectivity index (χ0n) is 20.7. The predicted octanol–water partition coefficient (Wildman–Crippen LogP) is 5.67. The molecule has 1 saturated carbocycles. The number of carbonyl (C=O) groups is 1. The van der Waals surface area contributed by atoms with E-state index in [4.69, 9.17) is 9.15 Å². The van der Waals surface area contributed by atoms with Crippen LogP contribution in [-0.4, -0.2) is 16.3 Å². The van der Waals surface area contributed by atoms with Crippen LogP contribution in [0.1, 0.15) is 57.2 Å². The largest absolute Gasteiger partial charge is 0.456 e. The molecule has 2 aromatic carbocycles. The van der Waals surface area contributed by atoms with Gasteiger partial charge in [0.25, 0.3) is 5.56 Å². The third-order valence-electron chi connectivity index (χ3n) is 6.47. The number of carbonyl (C=O) groups excluding carboxylic acids is 1. The number of rotatable bonds is 4. The second kappa shape index (κ2) is 9.14. The molecule has 5 rings (SSSR count). The summed E-state index contributed by atoms with van der Waals surface area (Å²) in [5, 5.41) is 2.51. The lowest BCUT2D eigenvalue weighted by Crippen LogP contribution is -2.32. The maximum atomic E-state index is 14.8. The van der Waals surface area contributed by atoms with E-state index in [1.807, 2.05) is 0 Å². The minimum Gasteiger partial charge on any atom is -0.456 e. The van der Waals surface area contributed by atoms with Gasteiger partial charge in [0.2, 0.25) is 5.43 Å². The Morgan fingerprint density at radius 3 is 2.54 bits per heavy atom. The third-order valence-corrected chi connectivity index (χ3v) is 6.47. The summed E-state index contributed by atoms with van der Waals surface area (Å²) >= 11 is 0. The van der Waals surface area contributed by atoms with Crippen LogP contribution < -0.4 is 16.3 Å². The van der Waals surface area contributed by atoms with E-state index in [0.717, 1.165) is 29.9 Å². The molecule has 0 bridgehead atoms. The summed E-state index contributed by atoms with van der Waals surface area (Å²) < 4.78 is 41.2. The molecule has 0 spiro atoms. The number of amides is 1. The molecule has 1 fully saturated rings. The third kappa shape index (κ3) is 4.61. The van der Waals surface area contributed by atoms with Crippen molar-refractivity contribution in [1.82, 2.24) is 9.88 Å². The first-order valence-corrected chi connectivity index (χ1v) is 12.1. The van der Waals surface area contributed by atoms with Crippen molar-refractivity contribution in [2.75, 3.05) is 0 Å². The molecule has 7 nitrogen and oxygen atoms in total. The zero-order chi connectivity index (χ0) is 26.5. The lowest BCUT2D eigenvalue weighted by atomic mass is 9.82. The maximum absolute atomic E-state index is 14.8. The van der Waals surface area contributed by atoms with Crippen molar-refractivity contribution in [3.63, 3.8) is 0 Å². The van der Waals surface area contributed by atoms with Crippen molar-refractivity contribution in [2.45, 2.75) is 58.1 Å². The first-order valence-electron chi connectivity index (χ1n) is 12.1. The summed E-state index contributed by atoms with van der Waals surface area (Å²) in [7, 11) is 0. The van der Waals surface area contributed by atoms with Crippen molar-refractivity contribution < 1.29 is 22.7 Å². The van der Waals surface area contributed by atoms with Gasteiger partial charge in [-0.05, 0) is 69.4 Å². The number of pyridine rings is 1. The average Bonchev–Trinajstić information content (AvgIpc) is 2.78. The van der Waals surface area contributed by atoms with Gasteiger partial charge in [-0.3, -0.25) is 14.2 Å². The number of nitrogens with zero attached hydrogens (tertiary/aromatic N) is 1. The fourth-order valence-corrected chi connectivity index (χ4v) is 4.51. The van der Waals surface area contributed by atoms with Gasteiger partial charge in [-0.15, -0.1) is 0 Å². The van der Waals surface area contributed by atoms with Gasteiger partial charge in [0.15, 0.2) is 11.6 Å². The van der Waals surface area contributed by atoms with Gasteiger partial charge in [0.05, 0.1) is 11.1 Å². The monoisotopic (exact) mass is 508 g/mol. The fourth-order valence-electron chi connectivity index (χ4n) is 4.51. The molecule has 4 aromatic rings. The molecule has 1 aliphatic carbocycles. The Hall–Kier alpha value is -4.01. The van der Waals surface area contributed by atoms with Gasteiger partial charge in [-0.25, -0.2) is 13.6 Å². The highest BCUT2D eigenvalue weighted by atomic mass is 19.2. The molecule has 1 aliphatic rings. The number of halogens is 2. The molecular weight excluding hydrogens is 482 g/mol.